The molecule has 96 valence electrons. The van der Waals surface area contributed by atoms with Crippen molar-refractivity contribution in [3.8, 4) is 0 Å². The zero-order valence-electron chi connectivity index (χ0n) is 10.4. The number of ether oxygens (including phenoxy) is 1. The molecule has 1 N–H and O–H groups in total. The van der Waals surface area contributed by atoms with E-state index >= 15 is 0 Å². The second kappa shape index (κ2) is 8.75. The summed E-state index contributed by atoms with van der Waals surface area (Å²) < 4.78 is 6.89. The van der Waals surface area contributed by atoms with Gasteiger partial charge in [0.05, 0.1) is 13.2 Å². The van der Waals surface area contributed by atoms with Crippen LogP contribution in [-0.4, -0.2) is 35.4 Å². The molecule has 0 unspecified atom stereocenters. The van der Waals surface area contributed by atoms with E-state index < -0.39 is 0 Å². The fourth-order valence-corrected chi connectivity index (χ4v) is 1.37. The molecule has 5 nitrogen and oxygen atoms in total. The predicted molar refractivity (Wildman–Crippen MR) is 65.6 cm³/mol. The molecule has 0 aliphatic heterocycles. The van der Waals surface area contributed by atoms with Crippen LogP contribution in [0.2, 0.25) is 0 Å². The van der Waals surface area contributed by atoms with E-state index in [1.807, 2.05) is 16.9 Å². The van der Waals surface area contributed by atoms with Gasteiger partial charge in [0.15, 0.2) is 0 Å². The Balaban J connectivity index is 1.91. The summed E-state index contributed by atoms with van der Waals surface area (Å²) in [5.41, 5.74) is 0. The monoisotopic (exact) mass is 239 g/mol. The summed E-state index contributed by atoms with van der Waals surface area (Å²) >= 11 is 0. The topological polar surface area (TPSA) is 56.1 Å². The van der Waals surface area contributed by atoms with E-state index in [2.05, 4.69) is 17.3 Å². The number of rotatable bonds is 9. The van der Waals surface area contributed by atoms with Crippen molar-refractivity contribution in [3.63, 3.8) is 0 Å². The quantitative estimate of drug-likeness (QED) is 0.520. The van der Waals surface area contributed by atoms with Crippen molar-refractivity contribution in [3.05, 3.63) is 18.5 Å². The van der Waals surface area contributed by atoms with Gasteiger partial charge in [-0.3, -0.25) is 9.48 Å². The van der Waals surface area contributed by atoms with Gasteiger partial charge in [0.2, 0.25) is 0 Å². The fraction of sp³-hybridized carbons (Fsp3) is 0.667. The molecule has 0 saturated heterocycles. The van der Waals surface area contributed by atoms with Gasteiger partial charge in [0.1, 0.15) is 0 Å². The van der Waals surface area contributed by atoms with Crippen LogP contribution in [0.25, 0.3) is 0 Å². The number of nitrogens with zero attached hydrogens (tertiary/aromatic N) is 2. The average molecular weight is 239 g/mol. The molecule has 0 aliphatic rings. The Labute approximate surface area is 102 Å². The molecule has 1 aromatic heterocycles. The highest BCUT2D eigenvalue weighted by Gasteiger charge is 2.00. The molecule has 0 spiro atoms. The summed E-state index contributed by atoms with van der Waals surface area (Å²) in [6, 6.07) is 1.90. The second-order valence-corrected chi connectivity index (χ2v) is 3.87. The Morgan fingerprint density at radius 3 is 3.06 bits per heavy atom. The maximum absolute atomic E-state index is 11.2. The molecule has 17 heavy (non-hydrogen) atoms. The highest BCUT2D eigenvalue weighted by atomic mass is 16.5. The lowest BCUT2D eigenvalue weighted by atomic mass is 10.4. The number of hydrogen-bond donors (Lipinski definition) is 1. The number of carbonyl (C=O) groups excluding carboxylic acids is 1. The second-order valence-electron chi connectivity index (χ2n) is 3.87. The molecule has 1 rings (SSSR count). The van der Waals surface area contributed by atoms with E-state index in [0.29, 0.717) is 13.2 Å². The normalized spacial score (nSPS) is 10.4. The summed E-state index contributed by atoms with van der Waals surface area (Å²) in [6.07, 6.45) is 6.62. The minimum absolute atomic E-state index is 0.169. The van der Waals surface area contributed by atoms with E-state index in [1.54, 1.807) is 6.20 Å². The van der Waals surface area contributed by atoms with Gasteiger partial charge >= 0.3 is 5.97 Å². The van der Waals surface area contributed by atoms with E-state index in [1.165, 1.54) is 0 Å². The zero-order valence-corrected chi connectivity index (χ0v) is 10.4. The molecule has 1 aromatic rings. The standard InChI is InChI=1S/C12H21N3O2/c1-2-3-10-17-12(16)11-13-6-4-8-15-9-5-7-14-15/h5,7,9,13H,2-4,6,8,10-11H2,1H3. The van der Waals surface area contributed by atoms with Crippen LogP contribution in [0, 0.1) is 0 Å². The van der Waals surface area contributed by atoms with Gasteiger partial charge < -0.3 is 10.1 Å². The molecule has 0 aliphatic carbocycles. The minimum atomic E-state index is -0.169. The van der Waals surface area contributed by atoms with Crippen LogP contribution >= 0.6 is 0 Å². The van der Waals surface area contributed by atoms with Crippen molar-refractivity contribution in [1.29, 1.82) is 0 Å². The van der Waals surface area contributed by atoms with Gasteiger partial charge in [-0.05, 0) is 25.5 Å². The van der Waals surface area contributed by atoms with Crippen LogP contribution in [0.15, 0.2) is 18.5 Å². The molecule has 0 saturated carbocycles. The lowest BCUT2D eigenvalue weighted by molar-refractivity contribution is -0.142. The van der Waals surface area contributed by atoms with Crippen LogP contribution in [0.1, 0.15) is 26.2 Å². The molecule has 5 heteroatoms. The van der Waals surface area contributed by atoms with Gasteiger partial charge in [-0.15, -0.1) is 0 Å². The van der Waals surface area contributed by atoms with Crippen molar-refractivity contribution in [1.82, 2.24) is 15.1 Å². The Morgan fingerprint density at radius 2 is 2.35 bits per heavy atom. The van der Waals surface area contributed by atoms with E-state index in [9.17, 15) is 4.79 Å². The smallest absolute Gasteiger partial charge is 0.319 e. The number of aryl methyl sites for hydroxylation is 1. The van der Waals surface area contributed by atoms with E-state index in [-0.39, 0.29) is 5.97 Å². The van der Waals surface area contributed by atoms with Crippen molar-refractivity contribution >= 4 is 5.97 Å². The molecule has 0 aromatic carbocycles. The molecular weight excluding hydrogens is 218 g/mol. The maximum atomic E-state index is 11.2. The van der Waals surface area contributed by atoms with Gasteiger partial charge in [-0.2, -0.15) is 5.10 Å². The lowest BCUT2D eigenvalue weighted by Gasteiger charge is -2.05. The third kappa shape index (κ3) is 6.73. The molecule has 0 bridgehead atoms. The number of esters is 1. The third-order valence-corrected chi connectivity index (χ3v) is 2.33. The number of hydrogen-bond acceptors (Lipinski definition) is 4. The lowest BCUT2D eigenvalue weighted by Crippen LogP contribution is -2.26. The summed E-state index contributed by atoms with van der Waals surface area (Å²) in [4.78, 5) is 11.2. The van der Waals surface area contributed by atoms with E-state index in [4.69, 9.17) is 4.74 Å². The summed E-state index contributed by atoms with van der Waals surface area (Å²) in [5.74, 6) is -0.169. The first-order valence-corrected chi connectivity index (χ1v) is 6.16. The van der Waals surface area contributed by atoms with Crippen molar-refractivity contribution in [2.24, 2.45) is 0 Å². The van der Waals surface area contributed by atoms with Crippen molar-refractivity contribution in [2.75, 3.05) is 19.7 Å². The first kappa shape index (κ1) is 13.7. The van der Waals surface area contributed by atoms with Crippen LogP contribution in [0.3, 0.4) is 0 Å². The Kier molecular flexibility index (Phi) is 7.06. The van der Waals surface area contributed by atoms with Crippen LogP contribution < -0.4 is 5.32 Å². The van der Waals surface area contributed by atoms with Crippen LogP contribution in [-0.2, 0) is 16.1 Å². The van der Waals surface area contributed by atoms with Gasteiger partial charge in [-0.25, -0.2) is 0 Å². The highest BCUT2D eigenvalue weighted by molar-refractivity contribution is 5.71. The minimum Gasteiger partial charge on any atom is -0.465 e. The fourth-order valence-electron chi connectivity index (χ4n) is 1.37. The summed E-state index contributed by atoms with van der Waals surface area (Å²) in [7, 11) is 0. The maximum Gasteiger partial charge on any atom is 0.319 e. The Hall–Kier alpha value is -1.36. The first-order chi connectivity index (χ1) is 8.33. The Bertz CT molecular complexity index is 299. The van der Waals surface area contributed by atoms with Gasteiger partial charge in [0, 0.05) is 18.9 Å². The van der Waals surface area contributed by atoms with Gasteiger partial charge in [-0.1, -0.05) is 13.3 Å². The first-order valence-electron chi connectivity index (χ1n) is 6.16. The molecular formula is C12H21N3O2. The Morgan fingerprint density at radius 1 is 1.47 bits per heavy atom. The molecule has 0 atom stereocenters. The number of unbranched alkanes of at least 4 members (excludes halogenated alkanes) is 1. The highest BCUT2D eigenvalue weighted by Crippen LogP contribution is 1.89. The molecule has 0 amide bonds. The third-order valence-electron chi connectivity index (χ3n) is 2.33. The zero-order chi connectivity index (χ0) is 12.3. The molecule has 0 fully saturated rings. The van der Waals surface area contributed by atoms with Crippen LogP contribution in [0.4, 0.5) is 0 Å². The summed E-state index contributed by atoms with van der Waals surface area (Å²) in [6.45, 7) is 4.56. The number of aromatic nitrogens is 2. The van der Waals surface area contributed by atoms with Crippen molar-refractivity contribution < 1.29 is 9.53 Å². The number of carbonyl (C=O) groups is 1. The van der Waals surface area contributed by atoms with Crippen LogP contribution in [0.5, 0.6) is 0 Å². The van der Waals surface area contributed by atoms with Gasteiger partial charge in [0.25, 0.3) is 0 Å². The largest absolute Gasteiger partial charge is 0.465 e. The average Bonchev–Trinajstić information content (AvgIpc) is 2.82. The predicted octanol–water partition coefficient (Wildman–Crippen LogP) is 1.21. The SMILES string of the molecule is CCCCOC(=O)CNCCCn1cccn1. The summed E-state index contributed by atoms with van der Waals surface area (Å²) in [5, 5.41) is 7.16. The van der Waals surface area contributed by atoms with E-state index in [0.717, 1.165) is 32.4 Å². The molecule has 1 heterocycles. The number of nitrogens with one attached hydrogen (secondary N) is 1. The molecule has 0 radical (unpaired) electrons. The van der Waals surface area contributed by atoms with Crippen molar-refractivity contribution in [2.45, 2.75) is 32.7 Å².